The fraction of sp³-hybridized carbons (Fsp3) is 0.625. The second kappa shape index (κ2) is 6.79. The van der Waals surface area contributed by atoms with Crippen LogP contribution in [0.25, 0.3) is 0 Å². The van der Waals surface area contributed by atoms with Crippen molar-refractivity contribution in [2.75, 3.05) is 20.2 Å². The van der Waals surface area contributed by atoms with Crippen molar-refractivity contribution >= 4 is 0 Å². The zero-order chi connectivity index (χ0) is 13.6. The molecule has 0 atom stereocenters. The molecule has 0 saturated heterocycles. The highest BCUT2D eigenvalue weighted by Gasteiger charge is 2.20. The molecule has 1 N–H and O–H groups in total. The SMILES string of the molecule is COc1cccc(C(C)(C)CCNCC(C)C)c1. The van der Waals surface area contributed by atoms with E-state index in [9.17, 15) is 0 Å². The van der Waals surface area contributed by atoms with Crippen LogP contribution in [0.5, 0.6) is 5.75 Å². The Labute approximate surface area is 112 Å². The molecule has 0 fully saturated rings. The fourth-order valence-electron chi connectivity index (χ4n) is 1.98. The maximum absolute atomic E-state index is 5.29. The summed E-state index contributed by atoms with van der Waals surface area (Å²) >= 11 is 0. The molecule has 0 spiro atoms. The molecule has 0 saturated carbocycles. The van der Waals surface area contributed by atoms with Gasteiger partial charge in [-0.2, -0.15) is 0 Å². The van der Waals surface area contributed by atoms with Gasteiger partial charge in [0.05, 0.1) is 7.11 Å². The summed E-state index contributed by atoms with van der Waals surface area (Å²) in [5.74, 6) is 1.65. The van der Waals surface area contributed by atoms with Crippen molar-refractivity contribution < 1.29 is 4.74 Å². The minimum absolute atomic E-state index is 0.179. The summed E-state index contributed by atoms with van der Waals surface area (Å²) in [4.78, 5) is 0. The molecule has 0 unspecified atom stereocenters. The highest BCUT2D eigenvalue weighted by molar-refractivity contribution is 5.33. The average molecular weight is 249 g/mol. The molecule has 0 aliphatic heterocycles. The first-order chi connectivity index (χ1) is 8.45. The highest BCUT2D eigenvalue weighted by atomic mass is 16.5. The molecule has 0 bridgehead atoms. The van der Waals surface area contributed by atoms with Gasteiger partial charge in [-0.25, -0.2) is 0 Å². The van der Waals surface area contributed by atoms with Crippen LogP contribution in [0.2, 0.25) is 0 Å². The van der Waals surface area contributed by atoms with Gasteiger partial charge in [-0.05, 0) is 48.5 Å². The Kier molecular flexibility index (Phi) is 5.67. The Bertz CT molecular complexity index is 358. The van der Waals surface area contributed by atoms with Crippen LogP contribution in [-0.4, -0.2) is 20.2 Å². The van der Waals surface area contributed by atoms with Crippen LogP contribution in [0.1, 0.15) is 39.7 Å². The third-order valence-electron chi connectivity index (χ3n) is 3.33. The van der Waals surface area contributed by atoms with Gasteiger partial charge in [0.1, 0.15) is 5.75 Å². The summed E-state index contributed by atoms with van der Waals surface area (Å²) < 4.78 is 5.29. The summed E-state index contributed by atoms with van der Waals surface area (Å²) in [6.45, 7) is 11.2. The van der Waals surface area contributed by atoms with Crippen molar-refractivity contribution in [3.63, 3.8) is 0 Å². The van der Waals surface area contributed by atoms with Gasteiger partial charge in [-0.15, -0.1) is 0 Å². The van der Waals surface area contributed by atoms with Gasteiger partial charge in [-0.1, -0.05) is 39.8 Å². The van der Waals surface area contributed by atoms with E-state index in [4.69, 9.17) is 4.74 Å². The van der Waals surface area contributed by atoms with E-state index in [1.165, 1.54) is 5.56 Å². The standard InChI is InChI=1S/C16H27NO/c1-13(2)12-17-10-9-16(3,4)14-7-6-8-15(11-14)18-5/h6-8,11,13,17H,9-10,12H2,1-5H3. The second-order valence-corrected chi connectivity index (χ2v) is 5.96. The third-order valence-corrected chi connectivity index (χ3v) is 3.33. The first-order valence-electron chi connectivity index (χ1n) is 6.81. The Balaban J connectivity index is 2.56. The average Bonchev–Trinajstić information content (AvgIpc) is 2.34. The predicted octanol–water partition coefficient (Wildman–Crippen LogP) is 3.61. The number of nitrogens with one attached hydrogen (secondary N) is 1. The van der Waals surface area contributed by atoms with Gasteiger partial charge in [0.2, 0.25) is 0 Å². The van der Waals surface area contributed by atoms with Gasteiger partial charge >= 0.3 is 0 Å². The molecule has 1 aromatic rings. The molecule has 2 nitrogen and oxygen atoms in total. The van der Waals surface area contributed by atoms with E-state index in [2.05, 4.69) is 51.2 Å². The third kappa shape index (κ3) is 4.69. The summed E-state index contributed by atoms with van der Waals surface area (Å²) in [5, 5.41) is 3.51. The Morgan fingerprint density at radius 1 is 1.28 bits per heavy atom. The first-order valence-corrected chi connectivity index (χ1v) is 6.81. The molecular formula is C16H27NO. The lowest BCUT2D eigenvalue weighted by molar-refractivity contribution is 0.408. The number of rotatable bonds is 7. The molecule has 1 aromatic carbocycles. The van der Waals surface area contributed by atoms with E-state index in [0.29, 0.717) is 5.92 Å². The highest BCUT2D eigenvalue weighted by Crippen LogP contribution is 2.29. The van der Waals surface area contributed by atoms with Crippen molar-refractivity contribution in [1.29, 1.82) is 0 Å². The summed E-state index contributed by atoms with van der Waals surface area (Å²) in [6.07, 6.45) is 1.13. The second-order valence-electron chi connectivity index (χ2n) is 5.96. The van der Waals surface area contributed by atoms with Crippen LogP contribution < -0.4 is 10.1 Å². The van der Waals surface area contributed by atoms with Crippen LogP contribution in [0, 0.1) is 5.92 Å². The van der Waals surface area contributed by atoms with Crippen LogP contribution in [0.3, 0.4) is 0 Å². The van der Waals surface area contributed by atoms with Crippen LogP contribution >= 0.6 is 0 Å². The topological polar surface area (TPSA) is 21.3 Å². The molecule has 0 radical (unpaired) electrons. The molecule has 0 amide bonds. The van der Waals surface area contributed by atoms with E-state index in [-0.39, 0.29) is 5.41 Å². The lowest BCUT2D eigenvalue weighted by Gasteiger charge is -2.26. The number of hydrogen-bond acceptors (Lipinski definition) is 2. The monoisotopic (exact) mass is 249 g/mol. The molecule has 18 heavy (non-hydrogen) atoms. The molecule has 1 rings (SSSR count). The summed E-state index contributed by atoms with van der Waals surface area (Å²) in [7, 11) is 1.72. The number of benzene rings is 1. The summed E-state index contributed by atoms with van der Waals surface area (Å²) in [6, 6.07) is 8.39. The normalized spacial score (nSPS) is 11.9. The minimum atomic E-state index is 0.179. The largest absolute Gasteiger partial charge is 0.497 e. The Morgan fingerprint density at radius 3 is 2.61 bits per heavy atom. The quantitative estimate of drug-likeness (QED) is 0.745. The molecule has 0 heterocycles. The molecule has 2 heteroatoms. The Morgan fingerprint density at radius 2 is 2.00 bits per heavy atom. The zero-order valence-electron chi connectivity index (χ0n) is 12.4. The first kappa shape index (κ1) is 15.0. The maximum Gasteiger partial charge on any atom is 0.119 e. The van der Waals surface area contributed by atoms with E-state index in [0.717, 1.165) is 25.3 Å². The van der Waals surface area contributed by atoms with E-state index < -0.39 is 0 Å². The van der Waals surface area contributed by atoms with Gasteiger partial charge in [0.15, 0.2) is 0 Å². The number of hydrogen-bond donors (Lipinski definition) is 1. The summed E-state index contributed by atoms with van der Waals surface area (Å²) in [5.41, 5.74) is 1.52. The smallest absolute Gasteiger partial charge is 0.119 e. The fourth-order valence-corrected chi connectivity index (χ4v) is 1.98. The van der Waals surface area contributed by atoms with E-state index in [1.807, 2.05) is 6.07 Å². The predicted molar refractivity (Wildman–Crippen MR) is 78.3 cm³/mol. The lowest BCUT2D eigenvalue weighted by atomic mass is 9.81. The van der Waals surface area contributed by atoms with Gasteiger partial charge < -0.3 is 10.1 Å². The maximum atomic E-state index is 5.29. The number of methoxy groups -OCH3 is 1. The van der Waals surface area contributed by atoms with Crippen LogP contribution in [0.15, 0.2) is 24.3 Å². The van der Waals surface area contributed by atoms with Gasteiger partial charge in [0.25, 0.3) is 0 Å². The van der Waals surface area contributed by atoms with Crippen molar-refractivity contribution in [3.05, 3.63) is 29.8 Å². The molecule has 102 valence electrons. The number of ether oxygens (including phenoxy) is 1. The zero-order valence-corrected chi connectivity index (χ0v) is 12.4. The molecule has 0 aromatic heterocycles. The molecule has 0 aliphatic rings. The van der Waals surface area contributed by atoms with E-state index in [1.54, 1.807) is 7.11 Å². The minimum Gasteiger partial charge on any atom is -0.497 e. The molecular weight excluding hydrogens is 222 g/mol. The van der Waals surface area contributed by atoms with Crippen LogP contribution in [0.4, 0.5) is 0 Å². The Hall–Kier alpha value is -1.02. The van der Waals surface area contributed by atoms with Crippen molar-refractivity contribution in [1.82, 2.24) is 5.32 Å². The molecule has 0 aliphatic carbocycles. The van der Waals surface area contributed by atoms with Crippen molar-refractivity contribution in [3.8, 4) is 5.75 Å². The van der Waals surface area contributed by atoms with Gasteiger partial charge in [-0.3, -0.25) is 0 Å². The van der Waals surface area contributed by atoms with Crippen LogP contribution in [-0.2, 0) is 5.41 Å². The van der Waals surface area contributed by atoms with Crippen molar-refractivity contribution in [2.24, 2.45) is 5.92 Å². The van der Waals surface area contributed by atoms with Crippen molar-refractivity contribution in [2.45, 2.75) is 39.5 Å². The van der Waals surface area contributed by atoms with E-state index >= 15 is 0 Å². The van der Waals surface area contributed by atoms with Gasteiger partial charge in [0, 0.05) is 0 Å². The lowest BCUT2D eigenvalue weighted by Crippen LogP contribution is -2.27.